The van der Waals surface area contributed by atoms with Crippen LogP contribution in [0.25, 0.3) is 10.9 Å². The maximum absolute atomic E-state index is 13.5. The quantitative estimate of drug-likeness (QED) is 0.424. The first-order chi connectivity index (χ1) is 16.9. The molecule has 8 nitrogen and oxygen atoms in total. The van der Waals surface area contributed by atoms with Gasteiger partial charge in [0.05, 0.1) is 18.0 Å². The Labute approximate surface area is 202 Å². The summed E-state index contributed by atoms with van der Waals surface area (Å²) in [5.41, 5.74) is 1.33. The van der Waals surface area contributed by atoms with Crippen molar-refractivity contribution in [3.63, 3.8) is 0 Å². The molecule has 0 fully saturated rings. The average Bonchev–Trinajstić information content (AvgIpc) is 2.90. The zero-order valence-electron chi connectivity index (χ0n) is 19.9. The van der Waals surface area contributed by atoms with Crippen LogP contribution < -0.4 is 21.3 Å². The number of ether oxygens (including phenoxy) is 2. The molecule has 4 rings (SSSR count). The van der Waals surface area contributed by atoms with Crippen LogP contribution in [0.3, 0.4) is 0 Å². The van der Waals surface area contributed by atoms with Gasteiger partial charge >= 0.3 is 5.69 Å². The van der Waals surface area contributed by atoms with Crippen LogP contribution in [0.5, 0.6) is 5.75 Å². The molecule has 0 aliphatic rings. The normalized spacial score (nSPS) is 11.9. The SMILES string of the molecule is CCOC(c1ccccc1)n1c(=O)c2cc(C(=O)NCc3ccc(OC)cc3)ccc2n(C)c1=O. The fourth-order valence-corrected chi connectivity index (χ4v) is 3.95. The average molecular weight is 474 g/mol. The van der Waals surface area contributed by atoms with Gasteiger partial charge in [-0.25, -0.2) is 9.36 Å². The first kappa shape index (κ1) is 24.0. The monoisotopic (exact) mass is 473 g/mol. The maximum Gasteiger partial charge on any atom is 0.333 e. The van der Waals surface area contributed by atoms with E-state index in [-0.39, 0.29) is 11.3 Å². The molecule has 1 aromatic heterocycles. The number of amides is 1. The number of rotatable bonds is 8. The van der Waals surface area contributed by atoms with Gasteiger partial charge in [0.15, 0.2) is 6.23 Å². The molecule has 1 heterocycles. The minimum Gasteiger partial charge on any atom is -0.497 e. The lowest BCUT2D eigenvalue weighted by Gasteiger charge is -2.21. The number of hydrogen-bond donors (Lipinski definition) is 1. The summed E-state index contributed by atoms with van der Waals surface area (Å²) in [6.45, 7) is 2.43. The lowest BCUT2D eigenvalue weighted by atomic mass is 10.1. The lowest BCUT2D eigenvalue weighted by Crippen LogP contribution is -2.42. The third-order valence-electron chi connectivity index (χ3n) is 5.82. The van der Waals surface area contributed by atoms with Gasteiger partial charge in [-0.2, -0.15) is 0 Å². The highest BCUT2D eigenvalue weighted by atomic mass is 16.5. The number of nitrogens with zero attached hydrogens (tertiary/aromatic N) is 2. The van der Waals surface area contributed by atoms with Gasteiger partial charge in [-0.05, 0) is 42.8 Å². The standard InChI is InChI=1S/C27H27N3O5/c1-4-35-26(19-8-6-5-7-9-19)30-25(32)22-16-20(12-15-23(22)29(2)27(30)33)24(31)28-17-18-10-13-21(34-3)14-11-18/h5-16,26H,4,17H2,1-3H3,(H,28,31). The van der Waals surface area contributed by atoms with E-state index in [1.54, 1.807) is 45.3 Å². The van der Waals surface area contributed by atoms with Crippen molar-refractivity contribution in [1.29, 1.82) is 0 Å². The van der Waals surface area contributed by atoms with Crippen molar-refractivity contribution >= 4 is 16.8 Å². The van der Waals surface area contributed by atoms with E-state index in [0.717, 1.165) is 15.9 Å². The van der Waals surface area contributed by atoms with Crippen LogP contribution in [0.15, 0.2) is 82.4 Å². The number of aryl methyl sites for hydroxylation is 1. The van der Waals surface area contributed by atoms with Crippen molar-refractivity contribution in [2.75, 3.05) is 13.7 Å². The number of benzene rings is 3. The fraction of sp³-hybridized carbons (Fsp3) is 0.222. The van der Waals surface area contributed by atoms with Gasteiger partial charge in [0.1, 0.15) is 5.75 Å². The smallest absolute Gasteiger partial charge is 0.333 e. The van der Waals surface area contributed by atoms with Crippen molar-refractivity contribution in [1.82, 2.24) is 14.5 Å². The summed E-state index contributed by atoms with van der Waals surface area (Å²) in [5, 5.41) is 3.12. The third-order valence-corrected chi connectivity index (χ3v) is 5.82. The minimum atomic E-state index is -0.885. The van der Waals surface area contributed by atoms with Crippen LogP contribution in [0, 0.1) is 0 Å². The predicted octanol–water partition coefficient (Wildman–Crippen LogP) is 3.22. The van der Waals surface area contributed by atoms with E-state index in [2.05, 4.69) is 5.32 Å². The number of carbonyl (C=O) groups is 1. The van der Waals surface area contributed by atoms with Crippen LogP contribution in [-0.2, 0) is 18.3 Å². The molecule has 180 valence electrons. The molecule has 0 aliphatic carbocycles. The summed E-state index contributed by atoms with van der Waals surface area (Å²) in [6, 6.07) is 21.2. The van der Waals surface area contributed by atoms with E-state index in [0.29, 0.717) is 29.8 Å². The first-order valence-corrected chi connectivity index (χ1v) is 11.3. The highest BCUT2D eigenvalue weighted by Gasteiger charge is 2.22. The van der Waals surface area contributed by atoms with E-state index in [9.17, 15) is 14.4 Å². The second-order valence-electron chi connectivity index (χ2n) is 8.00. The Balaban J connectivity index is 1.71. The molecule has 8 heteroatoms. The number of carbonyl (C=O) groups excluding carboxylic acids is 1. The van der Waals surface area contributed by atoms with E-state index in [4.69, 9.17) is 9.47 Å². The summed E-state index contributed by atoms with van der Waals surface area (Å²) in [5.74, 6) is 0.407. The van der Waals surface area contributed by atoms with Crippen molar-refractivity contribution in [3.8, 4) is 5.75 Å². The fourth-order valence-electron chi connectivity index (χ4n) is 3.95. The van der Waals surface area contributed by atoms with E-state index >= 15 is 0 Å². The van der Waals surface area contributed by atoms with Crippen molar-refractivity contribution in [2.24, 2.45) is 7.05 Å². The molecule has 0 radical (unpaired) electrons. The molecule has 35 heavy (non-hydrogen) atoms. The highest BCUT2D eigenvalue weighted by Crippen LogP contribution is 2.19. The van der Waals surface area contributed by atoms with Crippen LogP contribution in [0.1, 0.15) is 34.6 Å². The summed E-state index contributed by atoms with van der Waals surface area (Å²) < 4.78 is 13.5. The zero-order valence-corrected chi connectivity index (χ0v) is 19.9. The molecule has 0 bridgehead atoms. The van der Waals surface area contributed by atoms with Gasteiger partial charge in [-0.3, -0.25) is 14.2 Å². The molecule has 0 aliphatic heterocycles. The van der Waals surface area contributed by atoms with Crippen LogP contribution >= 0.6 is 0 Å². The Hall–Kier alpha value is -4.17. The summed E-state index contributed by atoms with van der Waals surface area (Å²) in [4.78, 5) is 39.6. The van der Waals surface area contributed by atoms with Crippen LogP contribution in [0.2, 0.25) is 0 Å². The molecule has 4 aromatic rings. The second-order valence-corrected chi connectivity index (χ2v) is 8.00. The maximum atomic E-state index is 13.5. The number of fused-ring (bicyclic) bond motifs is 1. The van der Waals surface area contributed by atoms with Gasteiger partial charge in [-0.1, -0.05) is 42.5 Å². The Kier molecular flexibility index (Phi) is 7.12. The predicted molar refractivity (Wildman–Crippen MR) is 134 cm³/mol. The Bertz CT molecular complexity index is 1460. The molecule has 3 aromatic carbocycles. The summed E-state index contributed by atoms with van der Waals surface area (Å²) >= 11 is 0. The number of nitrogens with one attached hydrogen (secondary N) is 1. The highest BCUT2D eigenvalue weighted by molar-refractivity contribution is 5.97. The van der Waals surface area contributed by atoms with Crippen molar-refractivity contribution in [3.05, 3.63) is 110 Å². The number of aromatic nitrogens is 2. The van der Waals surface area contributed by atoms with Crippen molar-refractivity contribution in [2.45, 2.75) is 19.7 Å². The molecule has 1 N–H and O–H groups in total. The molecular formula is C27H27N3O5. The topological polar surface area (TPSA) is 91.6 Å². The van der Waals surface area contributed by atoms with E-state index in [1.165, 1.54) is 10.6 Å². The summed E-state index contributed by atoms with van der Waals surface area (Å²) in [6.07, 6.45) is -0.885. The van der Waals surface area contributed by atoms with Gasteiger partial charge < -0.3 is 14.8 Å². The third kappa shape index (κ3) is 4.88. The van der Waals surface area contributed by atoms with Gasteiger partial charge in [-0.15, -0.1) is 0 Å². The van der Waals surface area contributed by atoms with Crippen LogP contribution in [0.4, 0.5) is 0 Å². The molecule has 0 spiro atoms. The van der Waals surface area contributed by atoms with Gasteiger partial charge in [0.2, 0.25) is 0 Å². The molecule has 1 atom stereocenters. The van der Waals surface area contributed by atoms with Gasteiger partial charge in [0.25, 0.3) is 11.5 Å². The molecule has 1 unspecified atom stereocenters. The largest absolute Gasteiger partial charge is 0.497 e. The van der Waals surface area contributed by atoms with E-state index in [1.807, 2.05) is 42.5 Å². The van der Waals surface area contributed by atoms with E-state index < -0.39 is 17.5 Å². The Morgan fingerprint density at radius 2 is 1.71 bits per heavy atom. The zero-order chi connectivity index (χ0) is 24.9. The Morgan fingerprint density at radius 3 is 2.37 bits per heavy atom. The second kappa shape index (κ2) is 10.4. The van der Waals surface area contributed by atoms with Crippen molar-refractivity contribution < 1.29 is 14.3 Å². The lowest BCUT2D eigenvalue weighted by molar-refractivity contribution is 0.0350. The Morgan fingerprint density at radius 1 is 1.00 bits per heavy atom. The number of hydrogen-bond acceptors (Lipinski definition) is 5. The number of methoxy groups -OCH3 is 1. The first-order valence-electron chi connectivity index (χ1n) is 11.3. The minimum absolute atomic E-state index is 0.254. The molecule has 0 saturated carbocycles. The molecular weight excluding hydrogens is 446 g/mol. The molecule has 0 saturated heterocycles. The van der Waals surface area contributed by atoms with Crippen LogP contribution in [-0.4, -0.2) is 28.8 Å². The summed E-state index contributed by atoms with van der Waals surface area (Å²) in [7, 11) is 3.19. The molecule has 1 amide bonds. The van der Waals surface area contributed by atoms with Gasteiger partial charge in [0, 0.05) is 31.3 Å².